The van der Waals surface area contributed by atoms with E-state index in [0.29, 0.717) is 18.5 Å². The van der Waals surface area contributed by atoms with Crippen LogP contribution >= 0.6 is 0 Å². The number of imidazole rings is 1. The summed E-state index contributed by atoms with van der Waals surface area (Å²) in [4.78, 5) is 20.7. The van der Waals surface area contributed by atoms with E-state index in [1.807, 2.05) is 18.2 Å². The number of hydrogen-bond acceptors (Lipinski definition) is 4. The molecule has 0 spiro atoms. The van der Waals surface area contributed by atoms with Gasteiger partial charge < -0.3 is 10.3 Å². The number of aromatic nitrogens is 2. The normalized spacial score (nSPS) is 15.8. The van der Waals surface area contributed by atoms with E-state index in [2.05, 4.69) is 22.2 Å². The second-order valence-corrected chi connectivity index (χ2v) is 10.1. The van der Waals surface area contributed by atoms with E-state index >= 15 is 0 Å². The number of H-pyrrole nitrogens is 1. The molecule has 2 aromatic carbocycles. The predicted octanol–water partition coefficient (Wildman–Crippen LogP) is 4.08. The van der Waals surface area contributed by atoms with Crippen LogP contribution in [0.1, 0.15) is 38.4 Å². The molecule has 1 fully saturated rings. The standard InChI is InChI=1S/C23H27FN4O3S/c1-2-3-4-22-26-20-10-7-18(15-21(20)27-22)25-23(29)16-11-13-28(14-12-16)32(30,31)19-8-5-17(24)6-9-19/h5-10,15-16H,2-4,11-14H2,1H3,(H,25,29)(H,26,27). The van der Waals surface area contributed by atoms with Crippen molar-refractivity contribution in [2.24, 2.45) is 5.92 Å². The number of hydrogen-bond donors (Lipinski definition) is 2. The Hall–Kier alpha value is -2.78. The van der Waals surface area contributed by atoms with Crippen molar-refractivity contribution in [3.05, 3.63) is 54.1 Å². The van der Waals surface area contributed by atoms with Gasteiger partial charge in [0.25, 0.3) is 0 Å². The molecular formula is C23H27FN4O3S. The molecule has 0 radical (unpaired) electrons. The third kappa shape index (κ3) is 4.83. The lowest BCUT2D eigenvalue weighted by molar-refractivity contribution is -0.120. The summed E-state index contributed by atoms with van der Waals surface area (Å²) in [7, 11) is -3.69. The number of unbranched alkanes of at least 4 members (excludes halogenated alkanes) is 1. The molecule has 2 N–H and O–H groups in total. The number of aryl methyl sites for hydroxylation is 1. The van der Waals surface area contributed by atoms with Crippen LogP contribution in [0, 0.1) is 11.7 Å². The molecule has 3 aromatic rings. The van der Waals surface area contributed by atoms with Crippen molar-refractivity contribution in [3.8, 4) is 0 Å². The zero-order chi connectivity index (χ0) is 22.7. The van der Waals surface area contributed by atoms with Crippen LogP contribution in [0.25, 0.3) is 11.0 Å². The molecule has 1 aliphatic heterocycles. The van der Waals surface area contributed by atoms with Crippen molar-refractivity contribution in [2.45, 2.75) is 43.9 Å². The van der Waals surface area contributed by atoms with Crippen molar-refractivity contribution >= 4 is 32.7 Å². The van der Waals surface area contributed by atoms with E-state index < -0.39 is 15.8 Å². The molecule has 0 aliphatic carbocycles. The number of aromatic amines is 1. The van der Waals surface area contributed by atoms with Crippen LogP contribution in [0.2, 0.25) is 0 Å². The lowest BCUT2D eigenvalue weighted by Gasteiger charge is -2.30. The van der Waals surface area contributed by atoms with Crippen LogP contribution in [0.4, 0.5) is 10.1 Å². The Bertz CT molecular complexity index is 1200. The number of piperidine rings is 1. The first kappa shape index (κ1) is 22.4. The molecule has 0 saturated carbocycles. The van der Waals surface area contributed by atoms with Crippen molar-refractivity contribution in [3.63, 3.8) is 0 Å². The van der Waals surface area contributed by atoms with Crippen molar-refractivity contribution in [1.29, 1.82) is 0 Å². The summed E-state index contributed by atoms with van der Waals surface area (Å²) in [5.74, 6) is 0.0750. The topological polar surface area (TPSA) is 95.2 Å². The van der Waals surface area contributed by atoms with Crippen LogP contribution in [0.5, 0.6) is 0 Å². The minimum atomic E-state index is -3.69. The average molecular weight is 459 g/mol. The Labute approximate surface area is 187 Å². The van der Waals surface area contributed by atoms with Gasteiger partial charge in [0, 0.05) is 31.1 Å². The third-order valence-electron chi connectivity index (χ3n) is 5.84. The van der Waals surface area contributed by atoms with Gasteiger partial charge in [-0.3, -0.25) is 4.79 Å². The highest BCUT2D eigenvalue weighted by Crippen LogP contribution is 2.26. The molecule has 1 aromatic heterocycles. The summed E-state index contributed by atoms with van der Waals surface area (Å²) in [5.41, 5.74) is 2.44. The monoisotopic (exact) mass is 458 g/mol. The molecule has 0 atom stereocenters. The molecule has 0 bridgehead atoms. The number of carbonyl (C=O) groups is 1. The molecule has 7 nitrogen and oxygen atoms in total. The van der Waals surface area contributed by atoms with Crippen molar-refractivity contribution in [2.75, 3.05) is 18.4 Å². The van der Waals surface area contributed by atoms with Gasteiger partial charge in [-0.05, 0) is 61.7 Å². The summed E-state index contributed by atoms with van der Waals surface area (Å²) in [5, 5.41) is 2.95. The molecule has 170 valence electrons. The average Bonchev–Trinajstić information content (AvgIpc) is 3.20. The SMILES string of the molecule is CCCCc1nc2ccc(NC(=O)C3CCN(S(=O)(=O)c4ccc(F)cc4)CC3)cc2[nH]1. The first-order chi connectivity index (χ1) is 15.4. The largest absolute Gasteiger partial charge is 0.342 e. The molecule has 1 saturated heterocycles. The smallest absolute Gasteiger partial charge is 0.243 e. The molecular weight excluding hydrogens is 431 g/mol. The summed E-state index contributed by atoms with van der Waals surface area (Å²) >= 11 is 0. The van der Waals surface area contributed by atoms with Gasteiger partial charge in [-0.1, -0.05) is 13.3 Å². The van der Waals surface area contributed by atoms with E-state index in [-0.39, 0.29) is 29.8 Å². The fraction of sp³-hybridized carbons (Fsp3) is 0.391. The van der Waals surface area contributed by atoms with Crippen LogP contribution < -0.4 is 5.32 Å². The Morgan fingerprint density at radius 2 is 1.91 bits per heavy atom. The maximum absolute atomic E-state index is 13.1. The summed E-state index contributed by atoms with van der Waals surface area (Å²) < 4.78 is 40.0. The van der Waals surface area contributed by atoms with E-state index in [1.54, 1.807) is 0 Å². The minimum absolute atomic E-state index is 0.0629. The summed E-state index contributed by atoms with van der Waals surface area (Å²) in [6.07, 6.45) is 3.92. The van der Waals surface area contributed by atoms with Crippen LogP contribution in [-0.4, -0.2) is 41.7 Å². The molecule has 0 unspecified atom stereocenters. The van der Waals surface area contributed by atoms with Gasteiger partial charge in [0.05, 0.1) is 15.9 Å². The number of halogens is 1. The Kier molecular flexibility index (Phi) is 6.57. The first-order valence-corrected chi connectivity index (χ1v) is 12.4. The number of benzene rings is 2. The predicted molar refractivity (Wildman–Crippen MR) is 121 cm³/mol. The van der Waals surface area contributed by atoms with E-state index in [4.69, 9.17) is 0 Å². The first-order valence-electron chi connectivity index (χ1n) is 10.9. The molecule has 2 heterocycles. The van der Waals surface area contributed by atoms with Gasteiger partial charge >= 0.3 is 0 Å². The number of anilines is 1. The number of nitrogens with zero attached hydrogens (tertiary/aromatic N) is 2. The molecule has 1 amide bonds. The fourth-order valence-electron chi connectivity index (χ4n) is 3.96. The molecule has 1 aliphatic rings. The molecule has 4 rings (SSSR count). The number of amides is 1. The lowest BCUT2D eigenvalue weighted by Crippen LogP contribution is -2.41. The van der Waals surface area contributed by atoms with Gasteiger partial charge in [-0.15, -0.1) is 0 Å². The van der Waals surface area contributed by atoms with E-state index in [1.165, 1.54) is 16.4 Å². The minimum Gasteiger partial charge on any atom is -0.342 e. The second kappa shape index (κ2) is 9.38. The molecule has 32 heavy (non-hydrogen) atoms. The summed E-state index contributed by atoms with van der Waals surface area (Å²) in [6, 6.07) is 10.4. The number of nitrogens with one attached hydrogen (secondary N) is 2. The maximum atomic E-state index is 13.1. The van der Waals surface area contributed by atoms with Crippen LogP contribution in [-0.2, 0) is 21.2 Å². The quantitative estimate of drug-likeness (QED) is 0.558. The number of sulfonamides is 1. The highest BCUT2D eigenvalue weighted by Gasteiger charge is 2.32. The zero-order valence-electron chi connectivity index (χ0n) is 18.0. The van der Waals surface area contributed by atoms with Gasteiger partial charge in [0.1, 0.15) is 11.6 Å². The Morgan fingerprint density at radius 1 is 1.19 bits per heavy atom. The Balaban J connectivity index is 1.36. The third-order valence-corrected chi connectivity index (χ3v) is 7.75. The van der Waals surface area contributed by atoms with E-state index in [9.17, 15) is 17.6 Å². The van der Waals surface area contributed by atoms with Crippen molar-refractivity contribution in [1.82, 2.24) is 14.3 Å². The summed E-state index contributed by atoms with van der Waals surface area (Å²) in [6.45, 7) is 2.63. The highest BCUT2D eigenvalue weighted by atomic mass is 32.2. The zero-order valence-corrected chi connectivity index (χ0v) is 18.8. The van der Waals surface area contributed by atoms with Gasteiger partial charge in [-0.2, -0.15) is 4.31 Å². The number of carbonyl (C=O) groups excluding carboxylic acids is 1. The van der Waals surface area contributed by atoms with Crippen LogP contribution in [0.3, 0.4) is 0 Å². The Morgan fingerprint density at radius 3 is 2.59 bits per heavy atom. The highest BCUT2D eigenvalue weighted by molar-refractivity contribution is 7.89. The van der Waals surface area contributed by atoms with Gasteiger partial charge in [-0.25, -0.2) is 17.8 Å². The lowest BCUT2D eigenvalue weighted by atomic mass is 9.97. The second-order valence-electron chi connectivity index (χ2n) is 8.14. The fourth-order valence-corrected chi connectivity index (χ4v) is 5.43. The van der Waals surface area contributed by atoms with Crippen molar-refractivity contribution < 1.29 is 17.6 Å². The number of rotatable bonds is 7. The van der Waals surface area contributed by atoms with Gasteiger partial charge in [0.15, 0.2) is 0 Å². The van der Waals surface area contributed by atoms with Crippen LogP contribution in [0.15, 0.2) is 47.4 Å². The van der Waals surface area contributed by atoms with Gasteiger partial charge in [0.2, 0.25) is 15.9 Å². The molecule has 9 heteroatoms. The number of fused-ring (bicyclic) bond motifs is 1. The van der Waals surface area contributed by atoms with E-state index in [0.717, 1.165) is 48.3 Å². The maximum Gasteiger partial charge on any atom is 0.243 e.